The molecule has 0 fully saturated rings. The molecule has 0 saturated carbocycles. The first-order valence-electron chi connectivity index (χ1n) is 8.24. The molecule has 2 aromatic rings. The predicted molar refractivity (Wildman–Crippen MR) is 93.9 cm³/mol. The van der Waals surface area contributed by atoms with Gasteiger partial charge in [0, 0.05) is 38.0 Å². The summed E-state index contributed by atoms with van der Waals surface area (Å²) >= 11 is 0. The first kappa shape index (κ1) is 18.4. The van der Waals surface area contributed by atoms with E-state index in [9.17, 15) is 15.0 Å². The molecule has 1 aliphatic carbocycles. The van der Waals surface area contributed by atoms with Gasteiger partial charge in [-0.1, -0.05) is 0 Å². The van der Waals surface area contributed by atoms with E-state index in [1.807, 2.05) is 6.92 Å². The van der Waals surface area contributed by atoms with Crippen LogP contribution in [0.1, 0.15) is 27.9 Å². The molecule has 3 rings (SSSR count). The van der Waals surface area contributed by atoms with E-state index in [0.29, 0.717) is 28.5 Å². The van der Waals surface area contributed by atoms with Gasteiger partial charge in [-0.2, -0.15) is 0 Å². The summed E-state index contributed by atoms with van der Waals surface area (Å²) in [6.07, 6.45) is 0.00321. The molecule has 7 heteroatoms. The summed E-state index contributed by atoms with van der Waals surface area (Å²) in [5.41, 5.74) is 1.35. The van der Waals surface area contributed by atoms with Crippen LogP contribution in [0.15, 0.2) is 12.1 Å². The van der Waals surface area contributed by atoms with Crippen molar-refractivity contribution < 1.29 is 34.0 Å². The fraction of sp³-hybridized carbons (Fsp3) is 0.421. The van der Waals surface area contributed by atoms with Crippen molar-refractivity contribution in [2.24, 2.45) is 0 Å². The highest BCUT2D eigenvalue weighted by Crippen LogP contribution is 2.47. The summed E-state index contributed by atoms with van der Waals surface area (Å²) in [5, 5.41) is 22.3. The van der Waals surface area contributed by atoms with Crippen LogP contribution in [0.5, 0.6) is 17.2 Å². The van der Waals surface area contributed by atoms with Gasteiger partial charge in [-0.15, -0.1) is 0 Å². The van der Waals surface area contributed by atoms with Gasteiger partial charge >= 0.3 is 0 Å². The molecule has 1 atom stereocenters. The molecular weight excluding hydrogens is 340 g/mol. The Labute approximate surface area is 151 Å². The van der Waals surface area contributed by atoms with Gasteiger partial charge in [-0.05, 0) is 24.6 Å². The van der Waals surface area contributed by atoms with E-state index >= 15 is 0 Å². The molecule has 0 unspecified atom stereocenters. The van der Waals surface area contributed by atoms with Crippen LogP contribution in [-0.4, -0.2) is 49.9 Å². The molecule has 0 heterocycles. The zero-order valence-electron chi connectivity index (χ0n) is 15.0. The van der Waals surface area contributed by atoms with Gasteiger partial charge in [-0.25, -0.2) is 0 Å². The molecule has 1 aliphatic rings. The summed E-state index contributed by atoms with van der Waals surface area (Å²) in [4.78, 5) is 12.6. The Kier molecular flexibility index (Phi) is 5.31. The van der Waals surface area contributed by atoms with Crippen LogP contribution >= 0.6 is 0 Å². The van der Waals surface area contributed by atoms with Crippen molar-refractivity contribution in [1.82, 2.24) is 0 Å². The first-order chi connectivity index (χ1) is 12.5. The smallest absolute Gasteiger partial charge is 0.188 e. The van der Waals surface area contributed by atoms with Crippen LogP contribution < -0.4 is 4.74 Å². The highest BCUT2D eigenvalue weighted by molar-refractivity contribution is 6.11. The van der Waals surface area contributed by atoms with E-state index in [1.54, 1.807) is 12.1 Å². The van der Waals surface area contributed by atoms with Crippen LogP contribution in [0.2, 0.25) is 0 Å². The molecule has 0 spiro atoms. The number of ketones is 1. The number of hydrogen-bond donors (Lipinski definition) is 2. The first-order valence-corrected chi connectivity index (χ1v) is 8.24. The molecule has 0 amide bonds. The summed E-state index contributed by atoms with van der Waals surface area (Å²) in [7, 11) is 2.99. The van der Waals surface area contributed by atoms with Gasteiger partial charge in [0.05, 0.1) is 17.1 Å². The number of carbonyl (C=O) groups is 1. The average molecular weight is 362 g/mol. The highest BCUT2D eigenvalue weighted by Gasteiger charge is 2.33. The Bertz CT molecular complexity index is 844. The number of fused-ring (bicyclic) bond motifs is 2. The maximum atomic E-state index is 12.6. The summed E-state index contributed by atoms with van der Waals surface area (Å²) in [6.45, 7) is 1.89. The maximum Gasteiger partial charge on any atom is 0.188 e. The maximum absolute atomic E-state index is 12.6. The van der Waals surface area contributed by atoms with Crippen molar-refractivity contribution >= 4 is 16.6 Å². The van der Waals surface area contributed by atoms with E-state index in [4.69, 9.17) is 18.9 Å². The minimum absolute atomic E-state index is 0.0171. The van der Waals surface area contributed by atoms with Gasteiger partial charge in [0.1, 0.15) is 24.0 Å². The summed E-state index contributed by atoms with van der Waals surface area (Å²) < 4.78 is 20.8. The number of ether oxygens (including phenoxy) is 4. The van der Waals surface area contributed by atoms with Crippen molar-refractivity contribution in [1.29, 1.82) is 0 Å². The number of benzene rings is 2. The number of phenolic OH excluding ortho intramolecular Hbond substituents is 2. The molecule has 0 radical (unpaired) electrons. The number of methoxy groups -OCH3 is 2. The van der Waals surface area contributed by atoms with Crippen LogP contribution in [0.4, 0.5) is 0 Å². The number of carbonyl (C=O) groups excluding carboxylic acids is 1. The molecule has 2 aromatic carbocycles. The van der Waals surface area contributed by atoms with Gasteiger partial charge in [0.25, 0.3) is 0 Å². The Morgan fingerprint density at radius 2 is 1.81 bits per heavy atom. The predicted octanol–water partition coefficient (Wildman–Crippen LogP) is 2.66. The van der Waals surface area contributed by atoms with Gasteiger partial charge in [-0.3, -0.25) is 4.79 Å². The number of Topliss-reactive ketones (excluding diaryl/α,β-unsaturated/α-hetero) is 1. The van der Waals surface area contributed by atoms with Crippen molar-refractivity contribution in [3.63, 3.8) is 0 Å². The highest BCUT2D eigenvalue weighted by atomic mass is 16.7. The molecule has 140 valence electrons. The Hall–Kier alpha value is -2.35. The van der Waals surface area contributed by atoms with E-state index in [1.165, 1.54) is 14.2 Å². The number of rotatable bonds is 6. The summed E-state index contributed by atoms with van der Waals surface area (Å²) in [6, 6.07) is 3.47. The van der Waals surface area contributed by atoms with Crippen LogP contribution in [0.25, 0.3) is 10.8 Å². The van der Waals surface area contributed by atoms with Crippen LogP contribution in [-0.2, 0) is 20.6 Å². The second kappa shape index (κ2) is 7.49. The lowest BCUT2D eigenvalue weighted by Crippen LogP contribution is -2.28. The zero-order valence-corrected chi connectivity index (χ0v) is 15.0. The molecule has 0 aromatic heterocycles. The Morgan fingerprint density at radius 1 is 1.08 bits per heavy atom. The Morgan fingerprint density at radius 3 is 2.50 bits per heavy atom. The van der Waals surface area contributed by atoms with Crippen molar-refractivity contribution in [2.75, 3.05) is 27.8 Å². The van der Waals surface area contributed by atoms with Gasteiger partial charge in [0.15, 0.2) is 12.6 Å². The van der Waals surface area contributed by atoms with E-state index in [2.05, 4.69) is 0 Å². The minimum atomic E-state index is -0.410. The molecule has 26 heavy (non-hydrogen) atoms. The van der Waals surface area contributed by atoms with Crippen molar-refractivity contribution in [3.8, 4) is 17.2 Å². The molecule has 0 aliphatic heterocycles. The number of aromatic hydroxyl groups is 2. The standard InChI is InChI=1S/C19H22O7/c1-10-4-12-17(15(5-10)26-9-24-3)19(22)16-13(18(12)21)6-11(7-14(16)20)25-8-23-2/h4-5,11,21-22H,6-9H2,1-3H3/t11-/m0/s1. The monoisotopic (exact) mass is 362 g/mol. The quantitative estimate of drug-likeness (QED) is 0.602. The molecule has 2 N–H and O–H groups in total. The number of hydrogen-bond acceptors (Lipinski definition) is 7. The molecule has 7 nitrogen and oxygen atoms in total. The van der Waals surface area contributed by atoms with E-state index < -0.39 is 6.10 Å². The molecule has 0 bridgehead atoms. The van der Waals surface area contributed by atoms with E-state index in [0.717, 1.165) is 5.56 Å². The fourth-order valence-corrected chi connectivity index (χ4v) is 3.36. The minimum Gasteiger partial charge on any atom is -0.507 e. The van der Waals surface area contributed by atoms with Crippen molar-refractivity contribution in [2.45, 2.75) is 25.9 Å². The third-order valence-electron chi connectivity index (χ3n) is 4.44. The molecular formula is C19H22O7. The van der Waals surface area contributed by atoms with Gasteiger partial charge < -0.3 is 29.2 Å². The van der Waals surface area contributed by atoms with Crippen LogP contribution in [0.3, 0.4) is 0 Å². The normalized spacial score (nSPS) is 16.7. The largest absolute Gasteiger partial charge is 0.507 e. The Balaban J connectivity index is 2.18. The second-order valence-corrected chi connectivity index (χ2v) is 6.31. The zero-order chi connectivity index (χ0) is 18.8. The van der Waals surface area contributed by atoms with Crippen molar-refractivity contribution in [3.05, 3.63) is 28.8 Å². The average Bonchev–Trinajstić information content (AvgIpc) is 2.61. The number of phenols is 2. The SMILES string of the molecule is COCOc1cc(C)cc2c(O)c3c(c(O)c12)C(=O)C[C@@H](OCOC)C3. The lowest BCUT2D eigenvalue weighted by atomic mass is 9.84. The second-order valence-electron chi connectivity index (χ2n) is 6.31. The lowest BCUT2D eigenvalue weighted by Gasteiger charge is -2.26. The van der Waals surface area contributed by atoms with Gasteiger partial charge in [0.2, 0.25) is 0 Å². The third-order valence-corrected chi connectivity index (χ3v) is 4.44. The van der Waals surface area contributed by atoms with Crippen LogP contribution in [0, 0.1) is 6.92 Å². The molecule has 0 saturated heterocycles. The topological polar surface area (TPSA) is 94.5 Å². The summed E-state index contributed by atoms with van der Waals surface area (Å²) in [5.74, 6) is -0.171. The number of aryl methyl sites for hydroxylation is 1. The third kappa shape index (κ3) is 3.21. The lowest BCUT2D eigenvalue weighted by molar-refractivity contribution is -0.0718. The fourth-order valence-electron chi connectivity index (χ4n) is 3.36. The van der Waals surface area contributed by atoms with E-state index in [-0.39, 0.29) is 42.9 Å².